The minimum absolute atomic E-state index is 0.0314. The molecule has 4 unspecified atom stereocenters. The predicted molar refractivity (Wildman–Crippen MR) is 137 cm³/mol. The highest BCUT2D eigenvalue weighted by molar-refractivity contribution is 6.30. The summed E-state index contributed by atoms with van der Waals surface area (Å²) in [6.45, 7) is 0.906. The summed E-state index contributed by atoms with van der Waals surface area (Å²) in [5, 5.41) is 15.3. The fourth-order valence-corrected chi connectivity index (χ4v) is 5.13. The molecule has 2 aromatic carbocycles. The number of hydrogen-bond acceptors (Lipinski definition) is 4. The number of carbonyl (C=O) groups is 3. The summed E-state index contributed by atoms with van der Waals surface area (Å²) in [5.74, 6) is -1.82. The molecule has 0 radical (unpaired) electrons. The van der Waals surface area contributed by atoms with Crippen LogP contribution in [-0.2, 0) is 20.8 Å². The lowest BCUT2D eigenvalue weighted by molar-refractivity contribution is -0.135. The average molecular weight is 523 g/mol. The van der Waals surface area contributed by atoms with Gasteiger partial charge in [0.05, 0.1) is 6.07 Å². The first-order valence-corrected chi connectivity index (χ1v) is 12.7. The fraction of sp³-hybridized carbons (Fsp3) is 0.357. The fourth-order valence-electron chi connectivity index (χ4n) is 4.97. The van der Waals surface area contributed by atoms with Crippen molar-refractivity contribution in [1.82, 2.24) is 15.5 Å². The van der Waals surface area contributed by atoms with E-state index in [1.807, 2.05) is 30.3 Å². The Balaban J connectivity index is 1.49. The first-order valence-electron chi connectivity index (χ1n) is 12.3. The summed E-state index contributed by atoms with van der Waals surface area (Å²) in [7, 11) is 0. The van der Waals surface area contributed by atoms with Crippen molar-refractivity contribution in [2.24, 2.45) is 11.8 Å². The van der Waals surface area contributed by atoms with Crippen LogP contribution in [0.15, 0.2) is 54.6 Å². The maximum absolute atomic E-state index is 14.2. The lowest BCUT2D eigenvalue weighted by Crippen LogP contribution is -2.48. The van der Waals surface area contributed by atoms with Crippen LogP contribution in [0.2, 0.25) is 5.02 Å². The minimum Gasteiger partial charge on any atom is -0.356 e. The topological polar surface area (TPSA) is 102 Å². The molecule has 4 atom stereocenters. The zero-order valence-electron chi connectivity index (χ0n) is 20.2. The smallest absolute Gasteiger partial charge is 0.247 e. The van der Waals surface area contributed by atoms with Crippen LogP contribution in [0.1, 0.15) is 30.4 Å². The highest BCUT2D eigenvalue weighted by atomic mass is 35.5. The van der Waals surface area contributed by atoms with Crippen molar-refractivity contribution in [3.05, 3.63) is 76.6 Å². The second-order valence-corrected chi connectivity index (χ2v) is 9.94. The van der Waals surface area contributed by atoms with Gasteiger partial charge < -0.3 is 15.5 Å². The maximum Gasteiger partial charge on any atom is 0.247 e. The standard InChI is InChI=1S/C28H28ClFN4O3/c29-22-8-6-20(24(30)15-22)7-9-26(35)34-17-19(12-18-4-2-1-3-5-18)13-25(34)28(37)33-23(16-31)14-21-10-11-32-27(21)36/h1-9,15,19,21,23,25H,10-14,17H2,(H,32,36)(H,33,37)/b9-7+. The normalized spacial score (nSPS) is 22.0. The summed E-state index contributed by atoms with van der Waals surface area (Å²) < 4.78 is 14.2. The molecule has 2 N–H and O–H groups in total. The van der Waals surface area contributed by atoms with Gasteiger partial charge >= 0.3 is 0 Å². The van der Waals surface area contributed by atoms with Crippen LogP contribution >= 0.6 is 11.6 Å². The van der Waals surface area contributed by atoms with Crippen LogP contribution in [-0.4, -0.2) is 47.8 Å². The summed E-state index contributed by atoms with van der Waals surface area (Å²) in [5.41, 5.74) is 1.31. The number of halogens is 2. The quantitative estimate of drug-likeness (QED) is 0.518. The number of nitrogens with one attached hydrogen (secondary N) is 2. The van der Waals surface area contributed by atoms with E-state index in [1.165, 1.54) is 35.3 Å². The zero-order chi connectivity index (χ0) is 26.4. The number of rotatable bonds is 8. The highest BCUT2D eigenvalue weighted by Crippen LogP contribution is 2.28. The van der Waals surface area contributed by atoms with Gasteiger partial charge in [-0.2, -0.15) is 5.26 Å². The molecule has 0 aliphatic carbocycles. The molecule has 2 aliphatic rings. The maximum atomic E-state index is 14.2. The second kappa shape index (κ2) is 12.0. The number of nitriles is 1. The number of amides is 3. The molecular weight excluding hydrogens is 495 g/mol. The van der Waals surface area contributed by atoms with Crippen molar-refractivity contribution in [3.63, 3.8) is 0 Å². The van der Waals surface area contributed by atoms with Gasteiger partial charge in [-0.05, 0) is 55.4 Å². The van der Waals surface area contributed by atoms with E-state index in [-0.39, 0.29) is 34.7 Å². The van der Waals surface area contributed by atoms with Crippen LogP contribution in [0.25, 0.3) is 6.08 Å². The highest BCUT2D eigenvalue weighted by Gasteiger charge is 2.40. The van der Waals surface area contributed by atoms with Crippen LogP contribution in [0, 0.1) is 29.0 Å². The Morgan fingerprint density at radius 1 is 1.27 bits per heavy atom. The van der Waals surface area contributed by atoms with Gasteiger partial charge in [0.2, 0.25) is 17.7 Å². The summed E-state index contributed by atoms with van der Waals surface area (Å²) in [6.07, 6.45) is 4.57. The van der Waals surface area contributed by atoms with E-state index < -0.39 is 29.7 Å². The molecule has 9 heteroatoms. The lowest BCUT2D eigenvalue weighted by Gasteiger charge is -2.24. The third-order valence-electron chi connectivity index (χ3n) is 6.86. The van der Waals surface area contributed by atoms with Crippen molar-refractivity contribution >= 4 is 35.4 Å². The van der Waals surface area contributed by atoms with E-state index in [4.69, 9.17) is 11.6 Å². The van der Waals surface area contributed by atoms with Gasteiger partial charge in [0.15, 0.2) is 0 Å². The molecule has 37 heavy (non-hydrogen) atoms. The lowest BCUT2D eigenvalue weighted by atomic mass is 9.96. The van der Waals surface area contributed by atoms with Gasteiger partial charge in [0, 0.05) is 35.7 Å². The molecule has 2 fully saturated rings. The molecule has 0 saturated carbocycles. The summed E-state index contributed by atoms with van der Waals surface area (Å²) >= 11 is 5.81. The predicted octanol–water partition coefficient (Wildman–Crippen LogP) is 3.49. The first-order chi connectivity index (χ1) is 17.8. The molecule has 4 rings (SSSR count). The number of nitrogens with zero attached hydrogens (tertiary/aromatic N) is 2. The second-order valence-electron chi connectivity index (χ2n) is 9.50. The van der Waals surface area contributed by atoms with Crippen LogP contribution < -0.4 is 10.6 Å². The average Bonchev–Trinajstić information content (AvgIpc) is 3.49. The summed E-state index contributed by atoms with van der Waals surface area (Å²) in [6, 6.07) is 14.4. The van der Waals surface area contributed by atoms with Crippen molar-refractivity contribution in [1.29, 1.82) is 5.26 Å². The molecule has 2 heterocycles. The number of carbonyl (C=O) groups excluding carboxylic acids is 3. The molecule has 192 valence electrons. The SMILES string of the molecule is N#CC(CC1CCNC1=O)NC(=O)C1CC(Cc2ccccc2)CN1C(=O)/C=C/c1ccc(Cl)cc1F. The van der Waals surface area contributed by atoms with Crippen LogP contribution in [0.5, 0.6) is 0 Å². The van der Waals surface area contributed by atoms with Crippen molar-refractivity contribution in [2.75, 3.05) is 13.1 Å². The number of hydrogen-bond donors (Lipinski definition) is 2. The third kappa shape index (κ3) is 6.75. The van der Waals surface area contributed by atoms with Gasteiger partial charge in [-0.15, -0.1) is 0 Å². The zero-order valence-corrected chi connectivity index (χ0v) is 21.0. The number of likely N-dealkylation sites (tertiary alicyclic amines) is 1. The van der Waals surface area contributed by atoms with E-state index in [2.05, 4.69) is 16.7 Å². The van der Waals surface area contributed by atoms with Gasteiger partial charge in [0.25, 0.3) is 0 Å². The first kappa shape index (κ1) is 26.4. The van der Waals surface area contributed by atoms with Gasteiger partial charge in [-0.25, -0.2) is 4.39 Å². The van der Waals surface area contributed by atoms with Gasteiger partial charge in [-0.1, -0.05) is 48.0 Å². The van der Waals surface area contributed by atoms with Crippen molar-refractivity contribution < 1.29 is 18.8 Å². The van der Waals surface area contributed by atoms with Crippen molar-refractivity contribution in [3.8, 4) is 6.07 Å². The Bertz CT molecular complexity index is 1230. The summed E-state index contributed by atoms with van der Waals surface area (Å²) in [4.78, 5) is 39.9. The van der Waals surface area contributed by atoms with Gasteiger partial charge in [0.1, 0.15) is 17.9 Å². The van der Waals surface area contributed by atoms with E-state index >= 15 is 0 Å². The molecule has 0 bridgehead atoms. The molecule has 0 aromatic heterocycles. The molecular formula is C28H28ClFN4O3. The largest absolute Gasteiger partial charge is 0.356 e. The molecule has 2 saturated heterocycles. The van der Waals surface area contributed by atoms with E-state index in [0.29, 0.717) is 32.4 Å². The Labute approximate surface area is 220 Å². The van der Waals surface area contributed by atoms with E-state index in [1.54, 1.807) is 0 Å². The molecule has 0 spiro atoms. The monoisotopic (exact) mass is 522 g/mol. The van der Waals surface area contributed by atoms with E-state index in [9.17, 15) is 24.0 Å². The Morgan fingerprint density at radius 3 is 2.73 bits per heavy atom. The van der Waals surface area contributed by atoms with E-state index in [0.717, 1.165) is 5.56 Å². The van der Waals surface area contributed by atoms with Crippen molar-refractivity contribution in [2.45, 2.75) is 37.8 Å². The molecule has 2 aliphatic heterocycles. The Kier molecular flexibility index (Phi) is 8.57. The van der Waals surface area contributed by atoms with Crippen LogP contribution in [0.4, 0.5) is 4.39 Å². The van der Waals surface area contributed by atoms with Gasteiger partial charge in [-0.3, -0.25) is 14.4 Å². The third-order valence-corrected chi connectivity index (χ3v) is 7.10. The van der Waals surface area contributed by atoms with Crippen LogP contribution in [0.3, 0.4) is 0 Å². The molecule has 2 aromatic rings. The minimum atomic E-state index is -0.842. The Hall–Kier alpha value is -3.70. The Morgan fingerprint density at radius 2 is 2.05 bits per heavy atom. The molecule has 3 amide bonds. The molecule has 7 nitrogen and oxygen atoms in total. The number of benzene rings is 2.